The highest BCUT2D eigenvalue weighted by Crippen LogP contribution is 2.37. The first kappa shape index (κ1) is 9.77. The van der Waals surface area contributed by atoms with E-state index in [0.29, 0.717) is 12.1 Å². The number of hydrogen-bond acceptors (Lipinski definition) is 3. The summed E-state index contributed by atoms with van der Waals surface area (Å²) in [6, 6.07) is 7.89. The van der Waals surface area contributed by atoms with E-state index in [-0.39, 0.29) is 0 Å². The first-order valence-electron chi connectivity index (χ1n) is 6.66. The van der Waals surface area contributed by atoms with Gasteiger partial charge in [-0.2, -0.15) is 0 Å². The Balaban J connectivity index is 1.73. The zero-order valence-electron chi connectivity index (χ0n) is 9.98. The number of ether oxygens (including phenoxy) is 1. The fourth-order valence-corrected chi connectivity index (χ4v) is 3.48. The molecule has 2 unspecified atom stereocenters. The second kappa shape index (κ2) is 3.64. The second-order valence-corrected chi connectivity index (χ2v) is 5.34. The smallest absolute Gasteiger partial charge is 0.124 e. The highest BCUT2D eigenvalue weighted by Gasteiger charge is 2.35. The van der Waals surface area contributed by atoms with Crippen LogP contribution >= 0.6 is 0 Å². The Morgan fingerprint density at radius 1 is 1.29 bits per heavy atom. The van der Waals surface area contributed by atoms with Crippen molar-refractivity contribution in [1.82, 2.24) is 5.32 Å². The number of piperazine rings is 1. The van der Waals surface area contributed by atoms with E-state index in [1.807, 2.05) is 0 Å². The van der Waals surface area contributed by atoms with Crippen molar-refractivity contribution in [2.75, 3.05) is 24.6 Å². The van der Waals surface area contributed by atoms with Gasteiger partial charge < -0.3 is 15.0 Å². The predicted molar refractivity (Wildman–Crippen MR) is 67.8 cm³/mol. The maximum atomic E-state index is 5.67. The van der Waals surface area contributed by atoms with Crippen molar-refractivity contribution in [3.05, 3.63) is 23.8 Å². The van der Waals surface area contributed by atoms with Crippen LogP contribution in [0.3, 0.4) is 0 Å². The molecule has 0 saturated carbocycles. The van der Waals surface area contributed by atoms with Crippen molar-refractivity contribution in [3.63, 3.8) is 0 Å². The molecule has 3 saturated heterocycles. The number of fused-ring (bicyclic) bond motifs is 4. The molecule has 5 rings (SSSR count). The first-order valence-corrected chi connectivity index (χ1v) is 6.66. The number of nitrogens with one attached hydrogen (secondary N) is 1. The summed E-state index contributed by atoms with van der Waals surface area (Å²) >= 11 is 0. The molecule has 2 atom stereocenters. The molecule has 4 heterocycles. The summed E-state index contributed by atoms with van der Waals surface area (Å²) in [4.78, 5) is 2.61. The summed E-state index contributed by atoms with van der Waals surface area (Å²) < 4.78 is 5.67. The van der Waals surface area contributed by atoms with Gasteiger partial charge in [0.05, 0.1) is 6.61 Å². The van der Waals surface area contributed by atoms with Crippen LogP contribution in [0.5, 0.6) is 5.75 Å². The molecule has 0 aromatic heterocycles. The molecule has 1 aromatic carbocycles. The van der Waals surface area contributed by atoms with E-state index in [1.54, 1.807) is 0 Å². The summed E-state index contributed by atoms with van der Waals surface area (Å²) in [5.74, 6) is 1.11. The molecule has 0 spiro atoms. The Morgan fingerprint density at radius 3 is 3.06 bits per heavy atom. The zero-order chi connectivity index (χ0) is 11.2. The van der Waals surface area contributed by atoms with Gasteiger partial charge in [-0.3, -0.25) is 0 Å². The molecule has 3 fully saturated rings. The first-order chi connectivity index (χ1) is 8.42. The third kappa shape index (κ3) is 1.45. The molecule has 0 amide bonds. The summed E-state index contributed by atoms with van der Waals surface area (Å²) in [7, 11) is 0. The van der Waals surface area contributed by atoms with Crippen molar-refractivity contribution >= 4 is 5.69 Å². The summed E-state index contributed by atoms with van der Waals surface area (Å²) in [5, 5.41) is 3.61. The standard InChI is InChI=1S/C14H18N2O/c1-2-13(12-6-7-17-14(12)3-1)16-9-10-4-5-11(16)8-15-10/h1-3,10-11,15H,4-9H2. The van der Waals surface area contributed by atoms with E-state index in [2.05, 4.69) is 28.4 Å². The molecule has 3 heteroatoms. The quantitative estimate of drug-likeness (QED) is 0.792. The van der Waals surface area contributed by atoms with E-state index in [9.17, 15) is 0 Å². The molecular formula is C14H18N2O. The topological polar surface area (TPSA) is 24.5 Å². The lowest BCUT2D eigenvalue weighted by molar-refractivity contribution is 0.290. The maximum Gasteiger partial charge on any atom is 0.124 e. The average molecular weight is 230 g/mol. The molecule has 1 aromatic rings. The highest BCUT2D eigenvalue weighted by atomic mass is 16.5. The lowest BCUT2D eigenvalue weighted by Crippen LogP contribution is -2.61. The molecule has 17 heavy (non-hydrogen) atoms. The van der Waals surface area contributed by atoms with Gasteiger partial charge in [-0.05, 0) is 25.0 Å². The van der Waals surface area contributed by atoms with Crippen LogP contribution in [-0.2, 0) is 6.42 Å². The largest absolute Gasteiger partial charge is 0.493 e. The average Bonchev–Trinajstić information content (AvgIpc) is 2.88. The second-order valence-electron chi connectivity index (χ2n) is 5.34. The normalized spacial score (nSPS) is 30.2. The Bertz CT molecular complexity index is 438. The van der Waals surface area contributed by atoms with Gasteiger partial charge in [-0.15, -0.1) is 0 Å². The number of hydrogen-bond donors (Lipinski definition) is 1. The molecule has 2 bridgehead atoms. The van der Waals surface area contributed by atoms with Gasteiger partial charge in [0.1, 0.15) is 5.75 Å². The molecule has 0 aliphatic carbocycles. The van der Waals surface area contributed by atoms with Crippen LogP contribution in [0.2, 0.25) is 0 Å². The van der Waals surface area contributed by atoms with Crippen LogP contribution in [0.25, 0.3) is 0 Å². The SMILES string of the molecule is c1cc2c(c(N3CC4CCC3CN4)c1)CCO2. The summed E-state index contributed by atoms with van der Waals surface area (Å²) in [6.45, 7) is 3.17. The molecular weight excluding hydrogens is 212 g/mol. The zero-order valence-corrected chi connectivity index (χ0v) is 9.98. The van der Waals surface area contributed by atoms with Gasteiger partial charge in [0.2, 0.25) is 0 Å². The number of anilines is 1. The molecule has 1 N–H and O–H groups in total. The number of piperidine rings is 2. The maximum absolute atomic E-state index is 5.67. The number of rotatable bonds is 1. The van der Waals surface area contributed by atoms with E-state index in [1.165, 1.54) is 30.6 Å². The van der Waals surface area contributed by atoms with Crippen LogP contribution < -0.4 is 15.0 Å². The van der Waals surface area contributed by atoms with Crippen LogP contribution in [0.1, 0.15) is 18.4 Å². The highest BCUT2D eigenvalue weighted by molar-refractivity contribution is 5.62. The molecule has 90 valence electrons. The van der Waals surface area contributed by atoms with Crippen molar-refractivity contribution in [3.8, 4) is 5.75 Å². The van der Waals surface area contributed by atoms with Crippen molar-refractivity contribution < 1.29 is 4.74 Å². The van der Waals surface area contributed by atoms with Crippen molar-refractivity contribution in [2.45, 2.75) is 31.3 Å². The Hall–Kier alpha value is -1.22. The third-order valence-corrected chi connectivity index (χ3v) is 4.38. The lowest BCUT2D eigenvalue weighted by atomic mass is 9.91. The number of benzene rings is 1. The van der Waals surface area contributed by atoms with Crippen molar-refractivity contribution in [1.29, 1.82) is 0 Å². The lowest BCUT2D eigenvalue weighted by Gasteiger charge is -2.47. The fraction of sp³-hybridized carbons (Fsp3) is 0.571. The Morgan fingerprint density at radius 2 is 2.29 bits per heavy atom. The van der Waals surface area contributed by atoms with Crippen LogP contribution in [0, 0.1) is 0 Å². The Labute approximate surface area is 102 Å². The van der Waals surface area contributed by atoms with Gasteiger partial charge in [0, 0.05) is 42.8 Å². The van der Waals surface area contributed by atoms with E-state index >= 15 is 0 Å². The Kier molecular flexibility index (Phi) is 2.09. The molecule has 3 nitrogen and oxygen atoms in total. The van der Waals surface area contributed by atoms with Crippen LogP contribution in [0.15, 0.2) is 18.2 Å². The van der Waals surface area contributed by atoms with E-state index < -0.39 is 0 Å². The molecule has 4 aliphatic rings. The minimum Gasteiger partial charge on any atom is -0.493 e. The number of nitrogens with zero attached hydrogens (tertiary/aromatic N) is 1. The minimum atomic E-state index is 0.687. The van der Waals surface area contributed by atoms with Gasteiger partial charge in [0.25, 0.3) is 0 Å². The third-order valence-electron chi connectivity index (χ3n) is 4.38. The van der Waals surface area contributed by atoms with Gasteiger partial charge in [-0.25, -0.2) is 0 Å². The van der Waals surface area contributed by atoms with Gasteiger partial charge >= 0.3 is 0 Å². The summed E-state index contributed by atoms with van der Waals surface area (Å²) in [5.41, 5.74) is 2.86. The molecule has 4 aliphatic heterocycles. The van der Waals surface area contributed by atoms with E-state index in [4.69, 9.17) is 4.74 Å². The molecule has 0 radical (unpaired) electrons. The van der Waals surface area contributed by atoms with Gasteiger partial charge in [0.15, 0.2) is 0 Å². The van der Waals surface area contributed by atoms with Crippen molar-refractivity contribution in [2.24, 2.45) is 0 Å². The van der Waals surface area contributed by atoms with Crippen LogP contribution in [-0.4, -0.2) is 31.8 Å². The predicted octanol–water partition coefficient (Wildman–Crippen LogP) is 1.56. The van der Waals surface area contributed by atoms with Crippen LogP contribution in [0.4, 0.5) is 5.69 Å². The van der Waals surface area contributed by atoms with E-state index in [0.717, 1.165) is 25.3 Å². The fourth-order valence-electron chi connectivity index (χ4n) is 3.48. The minimum absolute atomic E-state index is 0.687. The monoisotopic (exact) mass is 230 g/mol. The summed E-state index contributed by atoms with van der Waals surface area (Å²) in [6.07, 6.45) is 3.75. The van der Waals surface area contributed by atoms with Gasteiger partial charge in [-0.1, -0.05) is 6.07 Å².